The van der Waals surface area contributed by atoms with Gasteiger partial charge in [-0.05, 0) is 50.7 Å². The van der Waals surface area contributed by atoms with E-state index in [0.29, 0.717) is 12.6 Å². The summed E-state index contributed by atoms with van der Waals surface area (Å²) in [5, 5.41) is 3.46. The molecule has 0 radical (unpaired) electrons. The third kappa shape index (κ3) is 5.75. The van der Waals surface area contributed by atoms with Gasteiger partial charge in [0.15, 0.2) is 5.96 Å². The first kappa shape index (κ1) is 22.6. The molecule has 6 nitrogen and oxygen atoms in total. The van der Waals surface area contributed by atoms with Crippen LogP contribution in [0.1, 0.15) is 51.2 Å². The van der Waals surface area contributed by atoms with E-state index >= 15 is 0 Å². The second-order valence-electron chi connectivity index (χ2n) is 8.26. The summed E-state index contributed by atoms with van der Waals surface area (Å²) >= 11 is 0. The summed E-state index contributed by atoms with van der Waals surface area (Å²) in [5.74, 6) is 0.965. The third-order valence-electron chi connectivity index (χ3n) is 6.35. The molecule has 1 atom stereocenters. The quantitative estimate of drug-likeness (QED) is 0.422. The molecule has 0 amide bonds. The molecule has 0 aromatic heterocycles. The van der Waals surface area contributed by atoms with Gasteiger partial charge < -0.3 is 15.0 Å². The molecule has 3 rings (SSSR count). The minimum absolute atomic E-state index is 0.0286. The predicted molar refractivity (Wildman–Crippen MR) is 122 cm³/mol. The van der Waals surface area contributed by atoms with Gasteiger partial charge in [0.2, 0.25) is 0 Å². The van der Waals surface area contributed by atoms with Crippen molar-refractivity contribution in [3.8, 4) is 0 Å². The van der Waals surface area contributed by atoms with Gasteiger partial charge >= 0.3 is 5.97 Å². The predicted octanol–water partition coefficient (Wildman–Crippen LogP) is 3.06. The normalized spacial score (nSPS) is 19.3. The van der Waals surface area contributed by atoms with E-state index in [2.05, 4.69) is 53.2 Å². The van der Waals surface area contributed by atoms with Crippen molar-refractivity contribution in [2.45, 2.75) is 59.0 Å². The number of guanidine groups is 1. The maximum atomic E-state index is 12.0. The summed E-state index contributed by atoms with van der Waals surface area (Å²) in [7, 11) is 0. The van der Waals surface area contributed by atoms with Crippen molar-refractivity contribution < 1.29 is 9.53 Å². The first-order chi connectivity index (χ1) is 14.7. The zero-order chi connectivity index (χ0) is 21.3. The summed E-state index contributed by atoms with van der Waals surface area (Å²) < 4.78 is 5.20. The maximum absolute atomic E-state index is 12.0. The first-order valence-corrected chi connectivity index (χ1v) is 11.7. The molecular formula is C24H38N4O2. The largest absolute Gasteiger partial charge is 0.466 e. The second-order valence-corrected chi connectivity index (χ2v) is 8.26. The Morgan fingerprint density at radius 1 is 1.17 bits per heavy atom. The van der Waals surface area contributed by atoms with Crippen LogP contribution < -0.4 is 5.32 Å². The molecule has 30 heavy (non-hydrogen) atoms. The molecule has 6 heteroatoms. The molecular weight excluding hydrogens is 376 g/mol. The van der Waals surface area contributed by atoms with E-state index in [4.69, 9.17) is 9.73 Å². The Bertz CT molecular complexity index is 713. The number of rotatable bonds is 7. The molecule has 1 saturated heterocycles. The van der Waals surface area contributed by atoms with E-state index in [1.54, 1.807) is 0 Å². The fourth-order valence-electron chi connectivity index (χ4n) is 4.54. The minimum atomic E-state index is -0.0458. The van der Waals surface area contributed by atoms with E-state index in [1.807, 2.05) is 6.92 Å². The lowest BCUT2D eigenvalue weighted by Gasteiger charge is -2.36. The molecule has 2 aliphatic heterocycles. The number of fused-ring (bicyclic) bond motifs is 1. The van der Waals surface area contributed by atoms with Crippen molar-refractivity contribution in [1.29, 1.82) is 0 Å². The zero-order valence-electron chi connectivity index (χ0n) is 18.9. The Kier molecular flexibility index (Phi) is 8.55. The Morgan fingerprint density at radius 3 is 2.57 bits per heavy atom. The van der Waals surface area contributed by atoms with Gasteiger partial charge in [-0.1, -0.05) is 31.2 Å². The van der Waals surface area contributed by atoms with Crippen LogP contribution in [0.4, 0.5) is 0 Å². The number of piperidine rings is 1. The van der Waals surface area contributed by atoms with Gasteiger partial charge in [-0.25, -0.2) is 0 Å². The lowest BCUT2D eigenvalue weighted by Crippen LogP contribution is -2.47. The third-order valence-corrected chi connectivity index (χ3v) is 6.35. The van der Waals surface area contributed by atoms with Gasteiger partial charge in [0.25, 0.3) is 0 Å². The zero-order valence-corrected chi connectivity index (χ0v) is 18.9. The summed E-state index contributed by atoms with van der Waals surface area (Å²) in [6.07, 6.45) is 3.89. The number of carbonyl (C=O) groups excluding carboxylic acids is 1. The van der Waals surface area contributed by atoms with Crippen molar-refractivity contribution in [1.82, 2.24) is 15.1 Å². The van der Waals surface area contributed by atoms with Gasteiger partial charge in [0.05, 0.1) is 19.1 Å². The molecule has 166 valence electrons. The van der Waals surface area contributed by atoms with Crippen LogP contribution in [0, 0.1) is 5.92 Å². The lowest BCUT2D eigenvalue weighted by molar-refractivity contribution is -0.149. The van der Waals surface area contributed by atoms with E-state index in [-0.39, 0.29) is 11.9 Å². The van der Waals surface area contributed by atoms with Gasteiger partial charge in [0.1, 0.15) is 0 Å². The highest BCUT2D eigenvalue weighted by molar-refractivity contribution is 5.80. The average Bonchev–Trinajstić information content (AvgIpc) is 2.79. The highest BCUT2D eigenvalue weighted by atomic mass is 16.5. The lowest BCUT2D eigenvalue weighted by atomic mass is 9.97. The standard InChI is InChI=1S/C24H38N4O2/c1-4-22(28-16-11-19-9-7-8-10-21(19)18-28)17-26-24(25-5-2)27-14-12-20(13-15-27)23(29)30-6-3/h7-10,20,22H,4-6,11-18H2,1-3H3,(H,25,26). The van der Waals surface area contributed by atoms with Crippen LogP contribution in [0.2, 0.25) is 0 Å². The Labute approximate surface area is 181 Å². The molecule has 1 N–H and O–H groups in total. The van der Waals surface area contributed by atoms with Crippen LogP contribution in [-0.2, 0) is 22.5 Å². The Morgan fingerprint density at radius 2 is 1.90 bits per heavy atom. The van der Waals surface area contributed by atoms with Crippen molar-refractivity contribution in [2.75, 3.05) is 39.3 Å². The van der Waals surface area contributed by atoms with Crippen LogP contribution >= 0.6 is 0 Å². The number of aliphatic imine (C=N–C) groups is 1. The van der Waals surface area contributed by atoms with E-state index < -0.39 is 0 Å². The van der Waals surface area contributed by atoms with Crippen LogP contribution in [0.3, 0.4) is 0 Å². The highest BCUT2D eigenvalue weighted by Crippen LogP contribution is 2.22. The molecule has 1 aromatic carbocycles. The number of benzene rings is 1. The fourth-order valence-corrected chi connectivity index (χ4v) is 4.54. The molecule has 0 saturated carbocycles. The van der Waals surface area contributed by atoms with E-state index in [0.717, 1.165) is 70.9 Å². The summed E-state index contributed by atoms with van der Waals surface area (Å²) in [5.41, 5.74) is 2.95. The molecule has 0 bridgehead atoms. The molecule has 2 aliphatic rings. The van der Waals surface area contributed by atoms with Crippen LogP contribution in [0.25, 0.3) is 0 Å². The highest BCUT2D eigenvalue weighted by Gasteiger charge is 2.28. The van der Waals surface area contributed by atoms with Crippen molar-refractivity contribution >= 4 is 11.9 Å². The van der Waals surface area contributed by atoms with Gasteiger partial charge in [-0.3, -0.25) is 14.7 Å². The number of esters is 1. The maximum Gasteiger partial charge on any atom is 0.309 e. The molecule has 0 aliphatic carbocycles. The van der Waals surface area contributed by atoms with E-state index in [9.17, 15) is 4.79 Å². The monoisotopic (exact) mass is 414 g/mol. The van der Waals surface area contributed by atoms with Crippen LogP contribution in [-0.4, -0.2) is 67.1 Å². The molecule has 1 aromatic rings. The minimum Gasteiger partial charge on any atom is -0.466 e. The van der Waals surface area contributed by atoms with Gasteiger partial charge in [-0.2, -0.15) is 0 Å². The summed E-state index contributed by atoms with van der Waals surface area (Å²) in [4.78, 5) is 21.9. The second kappa shape index (κ2) is 11.3. The number of nitrogens with zero attached hydrogens (tertiary/aromatic N) is 3. The first-order valence-electron chi connectivity index (χ1n) is 11.7. The van der Waals surface area contributed by atoms with Crippen LogP contribution in [0.15, 0.2) is 29.3 Å². The Balaban J connectivity index is 1.59. The van der Waals surface area contributed by atoms with Gasteiger partial charge in [-0.15, -0.1) is 0 Å². The van der Waals surface area contributed by atoms with Gasteiger partial charge in [0, 0.05) is 38.8 Å². The molecule has 0 spiro atoms. The molecule has 1 unspecified atom stereocenters. The number of carbonyl (C=O) groups is 1. The fraction of sp³-hybridized carbons (Fsp3) is 0.667. The Hall–Kier alpha value is -2.08. The SMILES string of the molecule is CCNC(=NCC(CC)N1CCc2ccccc2C1)N1CCC(C(=O)OCC)CC1. The number of hydrogen-bond donors (Lipinski definition) is 1. The topological polar surface area (TPSA) is 57.2 Å². The molecule has 2 heterocycles. The average molecular weight is 415 g/mol. The number of nitrogens with one attached hydrogen (secondary N) is 1. The summed E-state index contributed by atoms with van der Waals surface area (Å²) in [6, 6.07) is 9.25. The smallest absolute Gasteiger partial charge is 0.309 e. The van der Waals surface area contributed by atoms with Crippen LogP contribution in [0.5, 0.6) is 0 Å². The van der Waals surface area contributed by atoms with Crippen molar-refractivity contribution in [2.24, 2.45) is 10.9 Å². The molecule has 1 fully saturated rings. The number of ether oxygens (including phenoxy) is 1. The van der Waals surface area contributed by atoms with E-state index in [1.165, 1.54) is 11.1 Å². The number of likely N-dealkylation sites (tertiary alicyclic amines) is 1. The van der Waals surface area contributed by atoms with Crippen molar-refractivity contribution in [3.05, 3.63) is 35.4 Å². The number of hydrogen-bond acceptors (Lipinski definition) is 4. The summed E-state index contributed by atoms with van der Waals surface area (Å²) in [6.45, 7) is 12.2. The van der Waals surface area contributed by atoms with Crippen molar-refractivity contribution in [3.63, 3.8) is 0 Å².